The van der Waals surface area contributed by atoms with E-state index in [4.69, 9.17) is 16.3 Å². The van der Waals surface area contributed by atoms with Gasteiger partial charge >= 0.3 is 5.69 Å². The highest BCUT2D eigenvalue weighted by Gasteiger charge is 2.18. The van der Waals surface area contributed by atoms with Crippen LogP contribution in [-0.2, 0) is 20.6 Å². The average Bonchev–Trinajstić information content (AvgIpc) is 2.95. The van der Waals surface area contributed by atoms with Gasteiger partial charge in [0.15, 0.2) is 11.2 Å². The number of hydrogen-bond donors (Lipinski definition) is 0. The van der Waals surface area contributed by atoms with E-state index >= 15 is 0 Å². The zero-order valence-electron chi connectivity index (χ0n) is 16.1. The van der Waals surface area contributed by atoms with Crippen molar-refractivity contribution in [3.63, 3.8) is 0 Å². The first-order chi connectivity index (χ1) is 12.7. The standard InChI is InChI=1S/C19H23ClN4O3/c1-11(2)14-7-6-13(10-12(14)3)27-9-8-24-15-16(21-18(24)20)22(4)19(26)23(5)17(15)25/h6-7,10-11H,8-9H2,1-5H3. The molecule has 0 bridgehead atoms. The van der Waals surface area contributed by atoms with Crippen molar-refractivity contribution >= 4 is 22.8 Å². The molecule has 2 heterocycles. The Labute approximate surface area is 161 Å². The number of hydrogen-bond acceptors (Lipinski definition) is 4. The summed E-state index contributed by atoms with van der Waals surface area (Å²) in [5.74, 6) is 1.22. The predicted molar refractivity (Wildman–Crippen MR) is 106 cm³/mol. The number of nitrogens with zero attached hydrogens (tertiary/aromatic N) is 4. The summed E-state index contributed by atoms with van der Waals surface area (Å²) in [6.07, 6.45) is 0. The van der Waals surface area contributed by atoms with Crippen LogP contribution in [0.4, 0.5) is 0 Å². The molecule has 7 nitrogen and oxygen atoms in total. The maximum Gasteiger partial charge on any atom is 0.332 e. The molecule has 3 aromatic rings. The Morgan fingerprint density at radius 1 is 1.19 bits per heavy atom. The fraction of sp³-hybridized carbons (Fsp3) is 0.421. The Kier molecular flexibility index (Phi) is 5.15. The number of rotatable bonds is 5. The topological polar surface area (TPSA) is 71.1 Å². The Balaban J connectivity index is 1.86. The average molecular weight is 391 g/mol. The second-order valence-corrected chi connectivity index (χ2v) is 7.27. The van der Waals surface area contributed by atoms with E-state index in [1.165, 1.54) is 22.7 Å². The molecule has 0 aliphatic carbocycles. The molecule has 0 atom stereocenters. The van der Waals surface area contributed by atoms with Gasteiger partial charge in [0.05, 0.1) is 6.54 Å². The first kappa shape index (κ1) is 19.2. The molecule has 0 radical (unpaired) electrons. The molecule has 0 amide bonds. The number of imidazole rings is 1. The molecule has 0 unspecified atom stereocenters. The van der Waals surface area contributed by atoms with E-state index in [-0.39, 0.29) is 10.9 Å². The first-order valence-corrected chi connectivity index (χ1v) is 9.15. The molecule has 0 N–H and O–H groups in total. The van der Waals surface area contributed by atoms with Crippen LogP contribution >= 0.6 is 11.6 Å². The van der Waals surface area contributed by atoms with Crippen molar-refractivity contribution in [1.82, 2.24) is 18.7 Å². The Hall–Kier alpha value is -2.54. The summed E-state index contributed by atoms with van der Waals surface area (Å²) >= 11 is 6.21. The Morgan fingerprint density at radius 3 is 2.52 bits per heavy atom. The van der Waals surface area contributed by atoms with Gasteiger partial charge < -0.3 is 9.30 Å². The van der Waals surface area contributed by atoms with Gasteiger partial charge in [-0.1, -0.05) is 19.9 Å². The zero-order valence-corrected chi connectivity index (χ0v) is 16.9. The molecular weight excluding hydrogens is 368 g/mol. The van der Waals surface area contributed by atoms with Gasteiger partial charge in [0.2, 0.25) is 5.28 Å². The number of fused-ring (bicyclic) bond motifs is 1. The van der Waals surface area contributed by atoms with E-state index in [1.807, 2.05) is 12.1 Å². The van der Waals surface area contributed by atoms with Crippen molar-refractivity contribution < 1.29 is 4.74 Å². The summed E-state index contributed by atoms with van der Waals surface area (Å²) in [6, 6.07) is 6.02. The third-order valence-corrected chi connectivity index (χ3v) is 5.04. The molecule has 8 heteroatoms. The van der Waals surface area contributed by atoms with Crippen molar-refractivity contribution in [2.75, 3.05) is 6.61 Å². The van der Waals surface area contributed by atoms with Crippen LogP contribution < -0.4 is 16.0 Å². The monoisotopic (exact) mass is 390 g/mol. The minimum Gasteiger partial charge on any atom is -0.492 e. The van der Waals surface area contributed by atoms with E-state index < -0.39 is 11.2 Å². The van der Waals surface area contributed by atoms with Crippen LogP contribution in [0.3, 0.4) is 0 Å². The number of ether oxygens (including phenoxy) is 1. The zero-order chi connectivity index (χ0) is 19.9. The van der Waals surface area contributed by atoms with Crippen molar-refractivity contribution in [2.24, 2.45) is 14.1 Å². The van der Waals surface area contributed by atoms with Gasteiger partial charge in [0.25, 0.3) is 5.56 Å². The van der Waals surface area contributed by atoms with Crippen LogP contribution in [0.2, 0.25) is 5.28 Å². The number of benzene rings is 1. The highest BCUT2D eigenvalue weighted by molar-refractivity contribution is 6.29. The number of aromatic nitrogens is 4. The molecule has 0 saturated carbocycles. The van der Waals surface area contributed by atoms with Gasteiger partial charge in [0.1, 0.15) is 12.4 Å². The quantitative estimate of drug-likeness (QED) is 0.628. The number of aryl methyl sites for hydroxylation is 2. The van der Waals surface area contributed by atoms with Gasteiger partial charge in [0, 0.05) is 14.1 Å². The third kappa shape index (κ3) is 3.39. The van der Waals surface area contributed by atoms with Crippen LogP contribution in [0.1, 0.15) is 30.9 Å². The van der Waals surface area contributed by atoms with Gasteiger partial charge in [-0.3, -0.25) is 13.9 Å². The molecule has 0 spiro atoms. The lowest BCUT2D eigenvalue weighted by Crippen LogP contribution is -2.37. The molecule has 0 aliphatic heterocycles. The molecule has 1 aromatic carbocycles. The summed E-state index contributed by atoms with van der Waals surface area (Å²) in [4.78, 5) is 28.7. The highest BCUT2D eigenvalue weighted by Crippen LogP contribution is 2.23. The molecular formula is C19H23ClN4O3. The summed E-state index contributed by atoms with van der Waals surface area (Å²) in [5, 5.41) is 0.151. The molecule has 3 rings (SSSR count). The van der Waals surface area contributed by atoms with Crippen LogP contribution in [0.25, 0.3) is 11.2 Å². The molecule has 0 saturated heterocycles. The van der Waals surface area contributed by atoms with Crippen molar-refractivity contribution in [3.8, 4) is 5.75 Å². The first-order valence-electron chi connectivity index (χ1n) is 8.77. The van der Waals surface area contributed by atoms with Gasteiger partial charge in [-0.15, -0.1) is 0 Å². The van der Waals surface area contributed by atoms with E-state index in [0.717, 1.165) is 10.3 Å². The molecule has 0 fully saturated rings. The van der Waals surface area contributed by atoms with Crippen LogP contribution in [0.5, 0.6) is 5.75 Å². The van der Waals surface area contributed by atoms with Crippen LogP contribution in [0.15, 0.2) is 27.8 Å². The van der Waals surface area contributed by atoms with Gasteiger partial charge in [-0.2, -0.15) is 4.98 Å². The SMILES string of the molecule is Cc1cc(OCCn2c(Cl)nc3c2c(=O)n(C)c(=O)n3C)ccc1C(C)C. The Bertz CT molecular complexity index is 1120. The van der Waals surface area contributed by atoms with E-state index in [1.54, 1.807) is 11.6 Å². The maximum absolute atomic E-state index is 12.5. The fourth-order valence-electron chi connectivity index (χ4n) is 3.26. The lowest BCUT2D eigenvalue weighted by molar-refractivity contribution is 0.300. The molecule has 0 aliphatic rings. The molecule has 144 valence electrons. The van der Waals surface area contributed by atoms with Crippen molar-refractivity contribution in [1.29, 1.82) is 0 Å². The van der Waals surface area contributed by atoms with E-state index in [2.05, 4.69) is 31.8 Å². The smallest absolute Gasteiger partial charge is 0.332 e. The predicted octanol–water partition coefficient (Wildman–Crippen LogP) is 2.60. The second kappa shape index (κ2) is 7.23. The minimum absolute atomic E-state index is 0.151. The summed E-state index contributed by atoms with van der Waals surface area (Å²) in [6.45, 7) is 7.03. The lowest BCUT2D eigenvalue weighted by Gasteiger charge is -2.13. The highest BCUT2D eigenvalue weighted by atomic mass is 35.5. The lowest BCUT2D eigenvalue weighted by atomic mass is 9.98. The minimum atomic E-state index is -0.439. The summed E-state index contributed by atoms with van der Waals surface area (Å²) in [5.41, 5.74) is 2.16. The van der Waals surface area contributed by atoms with Gasteiger partial charge in [-0.05, 0) is 47.7 Å². The molecule has 2 aromatic heterocycles. The normalized spacial score (nSPS) is 11.5. The van der Waals surface area contributed by atoms with Crippen LogP contribution in [-0.4, -0.2) is 25.3 Å². The van der Waals surface area contributed by atoms with Gasteiger partial charge in [-0.25, -0.2) is 4.79 Å². The third-order valence-electron chi connectivity index (χ3n) is 4.75. The molecule has 27 heavy (non-hydrogen) atoms. The number of halogens is 1. The van der Waals surface area contributed by atoms with Crippen molar-refractivity contribution in [3.05, 3.63) is 55.4 Å². The van der Waals surface area contributed by atoms with Crippen molar-refractivity contribution in [2.45, 2.75) is 33.2 Å². The fourth-order valence-corrected chi connectivity index (χ4v) is 3.51. The largest absolute Gasteiger partial charge is 0.492 e. The van der Waals surface area contributed by atoms with E-state index in [0.29, 0.717) is 24.6 Å². The summed E-state index contributed by atoms with van der Waals surface area (Å²) < 4.78 is 9.78. The maximum atomic E-state index is 12.5. The van der Waals surface area contributed by atoms with E-state index in [9.17, 15) is 9.59 Å². The Morgan fingerprint density at radius 2 is 1.89 bits per heavy atom. The second-order valence-electron chi connectivity index (χ2n) is 6.93. The van der Waals surface area contributed by atoms with Crippen LogP contribution in [0, 0.1) is 6.92 Å². The summed E-state index contributed by atoms with van der Waals surface area (Å²) in [7, 11) is 3.00.